The zero-order valence-electron chi connectivity index (χ0n) is 15.5. The van der Waals surface area contributed by atoms with E-state index in [0.717, 1.165) is 36.1 Å². The second kappa shape index (κ2) is 6.20. The Bertz CT molecular complexity index is 1110. The summed E-state index contributed by atoms with van der Waals surface area (Å²) in [5, 5.41) is 5.21. The second-order valence-corrected chi connectivity index (χ2v) is 9.30. The lowest BCUT2D eigenvalue weighted by Gasteiger charge is -2.24. The number of hydrogen-bond acceptors (Lipinski definition) is 2. The molecule has 0 saturated heterocycles. The number of benzene rings is 1. The predicted molar refractivity (Wildman–Crippen MR) is 102 cm³/mol. The van der Waals surface area contributed by atoms with Crippen LogP contribution in [-0.4, -0.2) is 19.4 Å². The third-order valence-corrected chi connectivity index (χ3v) is 6.92. The Balaban J connectivity index is 1.46. The molecule has 0 bridgehead atoms. The number of fused-ring (bicyclic) bond motifs is 5. The summed E-state index contributed by atoms with van der Waals surface area (Å²) in [7, 11) is -3.65. The zero-order valence-corrected chi connectivity index (χ0v) is 16.3. The number of nitrogens with two attached hydrogens (primary N) is 1. The first-order chi connectivity index (χ1) is 13.5. The van der Waals surface area contributed by atoms with Crippen LogP contribution in [0.15, 0.2) is 78.0 Å². The van der Waals surface area contributed by atoms with Crippen molar-refractivity contribution in [3.8, 4) is 0 Å². The molecular weight excluding hydrogens is 372 g/mol. The summed E-state index contributed by atoms with van der Waals surface area (Å²) in [6.45, 7) is 2.95. The molecule has 1 aromatic carbocycles. The van der Waals surface area contributed by atoms with E-state index in [1.54, 1.807) is 12.1 Å². The van der Waals surface area contributed by atoms with Gasteiger partial charge in [-0.25, -0.2) is 13.6 Å². The highest BCUT2D eigenvalue weighted by molar-refractivity contribution is 7.89. The van der Waals surface area contributed by atoms with Crippen LogP contribution in [-0.2, 0) is 29.5 Å². The van der Waals surface area contributed by atoms with Gasteiger partial charge in [-0.2, -0.15) is 4.48 Å². The van der Waals surface area contributed by atoms with Gasteiger partial charge in [0.2, 0.25) is 21.4 Å². The van der Waals surface area contributed by atoms with Gasteiger partial charge in [-0.3, -0.25) is 0 Å². The second-order valence-electron chi connectivity index (χ2n) is 7.74. The van der Waals surface area contributed by atoms with Gasteiger partial charge in [-0.1, -0.05) is 21.3 Å². The quantitative estimate of drug-likeness (QED) is 0.529. The van der Waals surface area contributed by atoms with E-state index in [1.807, 2.05) is 12.1 Å². The normalized spacial score (nSPS) is 22.5. The van der Waals surface area contributed by atoms with Crippen molar-refractivity contribution in [3.05, 3.63) is 90.0 Å². The summed E-state index contributed by atoms with van der Waals surface area (Å²) in [4.78, 5) is 0.162. The Morgan fingerprint density at radius 3 is 2.00 bits per heavy atom. The van der Waals surface area contributed by atoms with Crippen molar-refractivity contribution < 1.29 is 22.0 Å². The maximum atomic E-state index is 11.5. The lowest BCUT2D eigenvalue weighted by molar-refractivity contribution is -1.16. The van der Waals surface area contributed by atoms with Crippen molar-refractivity contribution in [3.63, 3.8) is 0 Å². The molecule has 5 rings (SSSR count). The minimum Gasteiger partial charge on any atom is -0.225 e. The lowest BCUT2D eigenvalue weighted by atomic mass is 10.1. The fourth-order valence-electron chi connectivity index (χ4n) is 4.70. The number of nitrogens with zero attached hydrogens (tertiary/aromatic N) is 3. The van der Waals surface area contributed by atoms with Gasteiger partial charge in [-0.05, 0) is 29.8 Å². The first kappa shape index (κ1) is 17.5. The van der Waals surface area contributed by atoms with E-state index in [2.05, 4.69) is 57.9 Å². The van der Waals surface area contributed by atoms with Crippen LogP contribution in [0.4, 0.5) is 0 Å². The summed E-state index contributed by atoms with van der Waals surface area (Å²) in [6, 6.07) is 19.8. The molecule has 0 atom stereocenters. The topological polar surface area (TPSA) is 67.9 Å². The summed E-state index contributed by atoms with van der Waals surface area (Å²) < 4.78 is 28.7. The van der Waals surface area contributed by atoms with Gasteiger partial charge in [0.1, 0.15) is 0 Å². The minimum atomic E-state index is -3.65. The monoisotopic (exact) mass is 395 g/mol. The molecule has 0 amide bonds. The van der Waals surface area contributed by atoms with Crippen molar-refractivity contribution in [2.24, 2.45) is 5.14 Å². The van der Waals surface area contributed by atoms with E-state index in [4.69, 9.17) is 5.14 Å². The van der Waals surface area contributed by atoms with E-state index in [9.17, 15) is 8.42 Å². The van der Waals surface area contributed by atoms with Gasteiger partial charge in [0.15, 0.2) is 25.5 Å². The highest BCUT2D eigenvalue weighted by Gasteiger charge is 2.63. The van der Waals surface area contributed by atoms with Crippen LogP contribution < -0.4 is 14.3 Å². The molecular formula is C21H23N4O2S+3. The average molecular weight is 396 g/mol. The van der Waals surface area contributed by atoms with Crippen molar-refractivity contribution in [2.45, 2.75) is 30.7 Å². The van der Waals surface area contributed by atoms with Crippen LogP contribution >= 0.6 is 0 Å². The van der Waals surface area contributed by atoms with Gasteiger partial charge in [0, 0.05) is 30.7 Å². The maximum Gasteiger partial charge on any atom is 0.484 e. The van der Waals surface area contributed by atoms with Crippen LogP contribution in [0.5, 0.6) is 0 Å². The molecule has 0 fully saturated rings. The van der Waals surface area contributed by atoms with Crippen LogP contribution in [0.25, 0.3) is 0 Å². The molecule has 3 aromatic rings. The standard InChI is InChI=1S/C21H23N4O2S/c22-28(26,27)20-9-7-17(8-10-20)11-14-25-15-18-5-1-3-12-23(18)21(25)24-13-4-2-6-19(24)16-25/h1-10,12-13,21H,11,14-16H2,(H2,22,26,27)/q+3. The van der Waals surface area contributed by atoms with Gasteiger partial charge in [-0.15, -0.1) is 0 Å². The van der Waals surface area contributed by atoms with Gasteiger partial charge < -0.3 is 0 Å². The highest BCUT2D eigenvalue weighted by atomic mass is 32.2. The smallest absolute Gasteiger partial charge is 0.225 e. The largest absolute Gasteiger partial charge is 0.484 e. The number of rotatable bonds is 4. The minimum absolute atomic E-state index is 0.162. The van der Waals surface area contributed by atoms with Crippen molar-refractivity contribution >= 4 is 10.0 Å². The summed E-state index contributed by atoms with van der Waals surface area (Å²) in [5.74, 6) is 0. The highest BCUT2D eigenvalue weighted by Crippen LogP contribution is 2.34. The molecule has 4 heterocycles. The van der Waals surface area contributed by atoms with Crippen molar-refractivity contribution in [1.82, 2.24) is 0 Å². The first-order valence-electron chi connectivity index (χ1n) is 9.42. The number of hydrogen-bond donors (Lipinski definition) is 1. The van der Waals surface area contributed by atoms with Gasteiger partial charge in [0.25, 0.3) is 0 Å². The zero-order chi connectivity index (χ0) is 19.4. The Hall–Kier alpha value is -2.61. The molecule has 28 heavy (non-hydrogen) atoms. The number of primary sulfonamides is 1. The maximum absolute atomic E-state index is 11.5. The summed E-state index contributed by atoms with van der Waals surface area (Å²) in [5.41, 5.74) is 3.82. The van der Waals surface area contributed by atoms with Crippen LogP contribution in [0.2, 0.25) is 0 Å². The summed E-state index contributed by atoms with van der Waals surface area (Å²) >= 11 is 0. The van der Waals surface area contributed by atoms with Crippen LogP contribution in [0.3, 0.4) is 0 Å². The molecule has 2 aromatic heterocycles. The molecule has 0 spiro atoms. The van der Waals surface area contributed by atoms with E-state index >= 15 is 0 Å². The van der Waals surface area contributed by atoms with E-state index < -0.39 is 10.0 Å². The number of sulfonamides is 1. The van der Waals surface area contributed by atoms with Crippen LogP contribution in [0, 0.1) is 0 Å². The molecule has 0 saturated carbocycles. The van der Waals surface area contributed by atoms with E-state index in [-0.39, 0.29) is 11.2 Å². The van der Waals surface area contributed by atoms with Crippen LogP contribution in [0.1, 0.15) is 23.2 Å². The molecule has 0 aliphatic carbocycles. The lowest BCUT2D eigenvalue weighted by Crippen LogP contribution is -2.62. The molecule has 2 N–H and O–H groups in total. The molecule has 2 aliphatic rings. The number of pyridine rings is 2. The average Bonchev–Trinajstić information content (AvgIpc) is 3.17. The third-order valence-electron chi connectivity index (χ3n) is 6.00. The first-order valence-corrected chi connectivity index (χ1v) is 11.0. The van der Waals surface area contributed by atoms with E-state index in [0.29, 0.717) is 0 Å². The van der Waals surface area contributed by atoms with Gasteiger partial charge >= 0.3 is 6.29 Å². The SMILES string of the molecule is NS(=O)(=O)c1ccc(CC[N+]23Cc4cccc[n+]4C2[n+]2ccccc2C3)cc1. The molecule has 0 radical (unpaired) electrons. The Morgan fingerprint density at radius 2 is 1.46 bits per heavy atom. The van der Waals surface area contributed by atoms with Crippen molar-refractivity contribution in [2.75, 3.05) is 6.54 Å². The van der Waals surface area contributed by atoms with Crippen molar-refractivity contribution in [1.29, 1.82) is 0 Å². The Kier molecular flexibility index (Phi) is 3.87. The summed E-state index contributed by atoms with van der Waals surface area (Å²) in [6.07, 6.45) is 5.47. The molecule has 6 nitrogen and oxygen atoms in total. The number of quaternary nitrogens is 1. The molecule has 2 aliphatic heterocycles. The fourth-order valence-corrected chi connectivity index (χ4v) is 5.21. The number of aromatic nitrogens is 2. The third kappa shape index (κ3) is 2.74. The van der Waals surface area contributed by atoms with E-state index in [1.165, 1.54) is 11.4 Å². The molecule has 142 valence electrons. The fraction of sp³-hybridized carbons (Fsp3) is 0.238. The molecule has 0 unspecified atom stereocenters. The van der Waals surface area contributed by atoms with Gasteiger partial charge in [0.05, 0.1) is 11.4 Å². The predicted octanol–water partition coefficient (Wildman–Crippen LogP) is 1.00. The molecule has 7 heteroatoms. The Morgan fingerprint density at radius 1 is 0.893 bits per heavy atom. The Labute approximate surface area is 164 Å².